The Morgan fingerprint density at radius 3 is 2.36 bits per heavy atom. The molecule has 2 nitrogen and oxygen atoms in total. The van der Waals surface area contributed by atoms with Crippen molar-refractivity contribution in [3.8, 4) is 6.07 Å². The highest BCUT2D eigenvalue weighted by Gasteiger charge is 2.18. The quantitative estimate of drug-likeness (QED) is 0.725. The van der Waals surface area contributed by atoms with Crippen molar-refractivity contribution < 1.29 is 4.42 Å². The summed E-state index contributed by atoms with van der Waals surface area (Å²) in [4.78, 5) is 0. The average Bonchev–Trinajstić information content (AvgIpc) is 2.54. The molecule has 1 rings (SSSR count). The summed E-state index contributed by atoms with van der Waals surface area (Å²) in [5.74, 6) is 1.52. The fraction of sp³-hybridized carbons (Fsp3) is 0.250. The molecule has 0 amide bonds. The zero-order valence-electron chi connectivity index (χ0n) is 8.50. The van der Waals surface area contributed by atoms with Gasteiger partial charge in [0.25, 0.3) is 0 Å². The summed E-state index contributed by atoms with van der Waals surface area (Å²) in [6.07, 6.45) is 3.23. The lowest BCUT2D eigenvalue weighted by molar-refractivity contribution is 0.478. The summed E-state index contributed by atoms with van der Waals surface area (Å²) in [7, 11) is 0. The highest BCUT2D eigenvalue weighted by Crippen LogP contribution is 2.29. The Balaban J connectivity index is 3.48. The zero-order chi connectivity index (χ0) is 10.7. The van der Waals surface area contributed by atoms with Crippen molar-refractivity contribution in [2.45, 2.75) is 19.8 Å². The van der Waals surface area contributed by atoms with Crippen LogP contribution in [-0.4, -0.2) is 0 Å². The summed E-state index contributed by atoms with van der Waals surface area (Å²) in [5.41, 5.74) is 1.32. The van der Waals surface area contributed by atoms with E-state index in [0.717, 1.165) is 5.56 Å². The molecular weight excluding hydrogens is 174 g/mol. The fourth-order valence-corrected chi connectivity index (χ4v) is 1.36. The van der Waals surface area contributed by atoms with Gasteiger partial charge in [-0.25, -0.2) is 0 Å². The van der Waals surface area contributed by atoms with Crippen LogP contribution >= 0.6 is 0 Å². The Morgan fingerprint density at radius 1 is 1.36 bits per heavy atom. The van der Waals surface area contributed by atoms with E-state index in [1.165, 1.54) is 0 Å². The number of furan rings is 1. The van der Waals surface area contributed by atoms with E-state index >= 15 is 0 Å². The van der Waals surface area contributed by atoms with Crippen LogP contribution in [0.15, 0.2) is 17.6 Å². The first-order chi connectivity index (χ1) is 6.65. The van der Waals surface area contributed by atoms with E-state index in [9.17, 15) is 0 Å². The number of hydrogen-bond donors (Lipinski definition) is 0. The van der Waals surface area contributed by atoms with Gasteiger partial charge in [-0.1, -0.05) is 33.1 Å². The van der Waals surface area contributed by atoms with Gasteiger partial charge in [0.2, 0.25) is 0 Å². The highest BCUT2D eigenvalue weighted by atomic mass is 16.3. The third kappa shape index (κ3) is 1.49. The van der Waals surface area contributed by atoms with Gasteiger partial charge in [0.1, 0.15) is 23.2 Å². The van der Waals surface area contributed by atoms with Crippen LogP contribution in [0.25, 0.3) is 12.2 Å². The van der Waals surface area contributed by atoms with Crippen molar-refractivity contribution in [3.63, 3.8) is 0 Å². The third-order valence-electron chi connectivity index (χ3n) is 2.03. The van der Waals surface area contributed by atoms with Crippen molar-refractivity contribution in [1.29, 1.82) is 5.26 Å². The second-order valence-corrected chi connectivity index (χ2v) is 3.29. The van der Waals surface area contributed by atoms with E-state index in [2.05, 4.69) is 19.2 Å². The third-order valence-corrected chi connectivity index (χ3v) is 2.03. The molecule has 0 bridgehead atoms. The van der Waals surface area contributed by atoms with E-state index in [0.29, 0.717) is 17.1 Å². The Kier molecular flexibility index (Phi) is 2.93. The maximum Gasteiger partial charge on any atom is 0.135 e. The molecule has 0 atom stereocenters. The molecule has 0 aliphatic rings. The normalized spacial score (nSPS) is 9.86. The van der Waals surface area contributed by atoms with Gasteiger partial charge in [-0.3, -0.25) is 0 Å². The molecule has 0 spiro atoms. The predicted molar refractivity (Wildman–Crippen MR) is 57.7 cm³/mol. The molecule has 1 aromatic heterocycles. The van der Waals surface area contributed by atoms with Gasteiger partial charge < -0.3 is 4.42 Å². The number of hydrogen-bond acceptors (Lipinski definition) is 2. The molecule has 0 N–H and O–H groups in total. The molecule has 0 aromatic carbocycles. The highest BCUT2D eigenvalue weighted by molar-refractivity contribution is 5.67. The van der Waals surface area contributed by atoms with Crippen LogP contribution in [-0.2, 0) is 0 Å². The van der Waals surface area contributed by atoms with Gasteiger partial charge in [0, 0.05) is 11.5 Å². The predicted octanol–water partition coefficient (Wildman–Crippen LogP) is 3.56. The summed E-state index contributed by atoms with van der Waals surface area (Å²) in [6, 6.07) is 2.14. The largest absolute Gasteiger partial charge is 0.459 e. The van der Waals surface area contributed by atoms with E-state index < -0.39 is 0 Å². The zero-order valence-corrected chi connectivity index (χ0v) is 8.50. The van der Waals surface area contributed by atoms with Crippen molar-refractivity contribution in [2.75, 3.05) is 0 Å². The molecule has 0 saturated heterocycles. The second kappa shape index (κ2) is 3.97. The van der Waals surface area contributed by atoms with Crippen LogP contribution in [0, 0.1) is 11.3 Å². The van der Waals surface area contributed by atoms with Crippen LogP contribution in [0.3, 0.4) is 0 Å². The molecular formula is C12H13NO. The lowest BCUT2D eigenvalue weighted by Gasteiger charge is -1.98. The SMILES string of the molecule is C=Cc1oc(C(C)C)c(C#N)c1C=C. The molecule has 1 heterocycles. The number of nitriles is 1. The van der Waals surface area contributed by atoms with E-state index in [1.807, 2.05) is 13.8 Å². The lowest BCUT2D eigenvalue weighted by atomic mass is 10.0. The van der Waals surface area contributed by atoms with Gasteiger partial charge in [-0.2, -0.15) is 5.26 Å². The van der Waals surface area contributed by atoms with Crippen molar-refractivity contribution >= 4 is 12.2 Å². The first-order valence-electron chi connectivity index (χ1n) is 4.47. The molecule has 0 saturated carbocycles. The molecule has 0 aliphatic carbocycles. The number of rotatable bonds is 3. The Bertz CT molecular complexity index is 405. The minimum absolute atomic E-state index is 0.192. The van der Waals surface area contributed by atoms with E-state index in [4.69, 9.17) is 9.68 Å². The molecule has 1 aromatic rings. The minimum Gasteiger partial charge on any atom is -0.459 e. The van der Waals surface area contributed by atoms with Gasteiger partial charge in [0.05, 0.1) is 0 Å². The summed E-state index contributed by atoms with van der Waals surface area (Å²) >= 11 is 0. The van der Waals surface area contributed by atoms with E-state index in [1.54, 1.807) is 12.2 Å². The Labute approximate surface area is 84.2 Å². The van der Waals surface area contributed by atoms with Crippen molar-refractivity contribution in [2.24, 2.45) is 0 Å². The summed E-state index contributed by atoms with van der Waals surface area (Å²) < 4.78 is 5.53. The van der Waals surface area contributed by atoms with Crippen LogP contribution in [0.5, 0.6) is 0 Å². The monoisotopic (exact) mass is 187 g/mol. The number of nitrogens with zero attached hydrogens (tertiary/aromatic N) is 1. The Morgan fingerprint density at radius 2 is 2.00 bits per heavy atom. The maximum absolute atomic E-state index is 9.00. The molecule has 72 valence electrons. The van der Waals surface area contributed by atoms with Crippen LogP contribution < -0.4 is 0 Å². The molecule has 0 radical (unpaired) electrons. The summed E-state index contributed by atoms with van der Waals surface area (Å²) in [5, 5.41) is 9.00. The second-order valence-electron chi connectivity index (χ2n) is 3.29. The fourth-order valence-electron chi connectivity index (χ4n) is 1.36. The first kappa shape index (κ1) is 10.3. The van der Waals surface area contributed by atoms with Gasteiger partial charge in [0.15, 0.2) is 0 Å². The van der Waals surface area contributed by atoms with Gasteiger partial charge >= 0.3 is 0 Å². The average molecular weight is 187 g/mol. The topological polar surface area (TPSA) is 36.9 Å². The van der Waals surface area contributed by atoms with Crippen molar-refractivity contribution in [1.82, 2.24) is 0 Å². The summed E-state index contributed by atoms with van der Waals surface area (Å²) in [6.45, 7) is 11.3. The van der Waals surface area contributed by atoms with Crippen molar-refractivity contribution in [3.05, 3.63) is 35.8 Å². The molecule has 0 unspecified atom stereocenters. The molecule has 14 heavy (non-hydrogen) atoms. The molecule has 0 fully saturated rings. The molecule has 0 aliphatic heterocycles. The smallest absolute Gasteiger partial charge is 0.135 e. The van der Waals surface area contributed by atoms with Crippen LogP contribution in [0.4, 0.5) is 0 Å². The van der Waals surface area contributed by atoms with Gasteiger partial charge in [-0.05, 0) is 6.08 Å². The standard InChI is InChI=1S/C12H13NO/c1-5-9-10(7-13)12(8(3)4)14-11(9)6-2/h5-6,8H,1-2H2,3-4H3. The Hall–Kier alpha value is -1.75. The minimum atomic E-state index is 0.192. The first-order valence-corrected chi connectivity index (χ1v) is 4.47. The maximum atomic E-state index is 9.00. The van der Waals surface area contributed by atoms with Crippen LogP contribution in [0.2, 0.25) is 0 Å². The van der Waals surface area contributed by atoms with Crippen LogP contribution in [0.1, 0.15) is 42.4 Å². The van der Waals surface area contributed by atoms with Gasteiger partial charge in [-0.15, -0.1) is 0 Å². The van der Waals surface area contributed by atoms with E-state index in [-0.39, 0.29) is 5.92 Å². The molecule has 2 heteroatoms. The lowest BCUT2D eigenvalue weighted by Crippen LogP contribution is -1.87.